The van der Waals surface area contributed by atoms with Crippen molar-refractivity contribution < 1.29 is 4.79 Å². The van der Waals surface area contributed by atoms with Crippen LogP contribution in [0.4, 0.5) is 0 Å². The Kier molecular flexibility index (Phi) is 2.90. The number of benzene rings is 2. The molecule has 0 N–H and O–H groups in total. The average molecular weight is 249 g/mol. The Morgan fingerprint density at radius 3 is 2.21 bits per heavy atom. The number of hydrogen-bond donors (Lipinski definition) is 0. The minimum absolute atomic E-state index is 0.122. The third-order valence-electron chi connectivity index (χ3n) is 2.78. The molecule has 0 unspecified atom stereocenters. The van der Waals surface area contributed by atoms with E-state index in [0.717, 1.165) is 5.69 Å². The molecule has 0 amide bonds. The Morgan fingerprint density at radius 1 is 0.895 bits per heavy atom. The van der Waals surface area contributed by atoms with Crippen LogP contribution in [0.15, 0.2) is 66.9 Å². The van der Waals surface area contributed by atoms with E-state index in [-0.39, 0.29) is 5.78 Å². The normalized spacial score (nSPS) is 10.3. The molecule has 0 saturated carbocycles. The maximum absolute atomic E-state index is 12.2. The van der Waals surface area contributed by atoms with Crippen LogP contribution in [0.5, 0.6) is 0 Å². The van der Waals surface area contributed by atoms with Gasteiger partial charge in [-0.15, -0.1) is 5.10 Å². The molecule has 2 aromatic carbocycles. The topological polar surface area (TPSA) is 47.8 Å². The first-order chi connectivity index (χ1) is 9.34. The van der Waals surface area contributed by atoms with Gasteiger partial charge in [-0.2, -0.15) is 0 Å². The lowest BCUT2D eigenvalue weighted by Gasteiger charge is -1.97. The minimum Gasteiger partial charge on any atom is -0.287 e. The van der Waals surface area contributed by atoms with E-state index in [0.29, 0.717) is 11.3 Å². The highest BCUT2D eigenvalue weighted by atomic mass is 16.1. The molecule has 4 nitrogen and oxygen atoms in total. The number of carbonyl (C=O) groups excluding carboxylic acids is 1. The zero-order valence-corrected chi connectivity index (χ0v) is 10.1. The lowest BCUT2D eigenvalue weighted by atomic mass is 10.1. The van der Waals surface area contributed by atoms with E-state index in [2.05, 4.69) is 10.3 Å². The van der Waals surface area contributed by atoms with Crippen molar-refractivity contribution in [3.8, 4) is 5.69 Å². The predicted molar refractivity (Wildman–Crippen MR) is 71.2 cm³/mol. The Morgan fingerprint density at radius 2 is 1.53 bits per heavy atom. The first-order valence-corrected chi connectivity index (χ1v) is 5.92. The molecule has 0 atom stereocenters. The second kappa shape index (κ2) is 4.86. The van der Waals surface area contributed by atoms with Crippen molar-refractivity contribution >= 4 is 5.78 Å². The zero-order valence-electron chi connectivity index (χ0n) is 10.1. The second-order valence-corrected chi connectivity index (χ2v) is 4.08. The maximum Gasteiger partial charge on any atom is 0.214 e. The highest BCUT2D eigenvalue weighted by molar-refractivity contribution is 6.07. The van der Waals surface area contributed by atoms with Crippen LogP contribution < -0.4 is 0 Å². The quantitative estimate of drug-likeness (QED) is 0.670. The molecule has 4 heteroatoms. The molecule has 0 radical (unpaired) electrons. The molecule has 0 aliphatic carbocycles. The Hall–Kier alpha value is -2.75. The molecule has 1 heterocycles. The van der Waals surface area contributed by atoms with Gasteiger partial charge in [0.25, 0.3) is 0 Å². The largest absolute Gasteiger partial charge is 0.287 e. The summed E-state index contributed by atoms with van der Waals surface area (Å²) in [7, 11) is 0. The summed E-state index contributed by atoms with van der Waals surface area (Å²) in [5, 5.41) is 7.91. The van der Waals surface area contributed by atoms with Crippen LogP contribution in [0.2, 0.25) is 0 Å². The molecule has 0 aliphatic rings. The third-order valence-corrected chi connectivity index (χ3v) is 2.78. The minimum atomic E-state index is -0.122. The molecule has 19 heavy (non-hydrogen) atoms. The van der Waals surface area contributed by atoms with Crippen LogP contribution in [0, 0.1) is 0 Å². The van der Waals surface area contributed by atoms with Gasteiger partial charge in [0.2, 0.25) is 5.78 Å². The summed E-state index contributed by atoms with van der Waals surface area (Å²) < 4.78 is 1.59. The van der Waals surface area contributed by atoms with Crippen LogP contribution in [-0.2, 0) is 0 Å². The fraction of sp³-hybridized carbons (Fsp3) is 0. The Bertz CT molecular complexity index is 690. The Labute approximate surface area is 110 Å². The number of nitrogens with zero attached hydrogens (tertiary/aromatic N) is 3. The van der Waals surface area contributed by atoms with Crippen molar-refractivity contribution in [3.63, 3.8) is 0 Å². The number of carbonyl (C=O) groups is 1. The van der Waals surface area contributed by atoms with Crippen molar-refractivity contribution in [2.75, 3.05) is 0 Å². The van der Waals surface area contributed by atoms with Gasteiger partial charge in [0.05, 0.1) is 11.9 Å². The summed E-state index contributed by atoms with van der Waals surface area (Å²) in [4.78, 5) is 12.2. The molecule has 0 saturated heterocycles. The molecule has 92 valence electrons. The molecular formula is C15H11N3O. The van der Waals surface area contributed by atoms with Gasteiger partial charge in [0, 0.05) is 5.56 Å². The van der Waals surface area contributed by atoms with E-state index >= 15 is 0 Å². The lowest BCUT2D eigenvalue weighted by Crippen LogP contribution is -2.01. The molecular weight excluding hydrogens is 238 g/mol. The smallest absolute Gasteiger partial charge is 0.214 e. The number of rotatable bonds is 3. The van der Waals surface area contributed by atoms with E-state index < -0.39 is 0 Å². The van der Waals surface area contributed by atoms with Crippen LogP contribution >= 0.6 is 0 Å². The van der Waals surface area contributed by atoms with Gasteiger partial charge in [-0.05, 0) is 12.1 Å². The van der Waals surface area contributed by atoms with Crippen LogP contribution in [0.25, 0.3) is 5.69 Å². The van der Waals surface area contributed by atoms with E-state index in [1.54, 1.807) is 23.0 Å². The molecule has 0 spiro atoms. The molecule has 3 aromatic rings. The third kappa shape index (κ3) is 2.28. The van der Waals surface area contributed by atoms with E-state index in [1.165, 1.54) is 0 Å². The zero-order chi connectivity index (χ0) is 13.1. The van der Waals surface area contributed by atoms with Crippen LogP contribution in [-0.4, -0.2) is 20.8 Å². The fourth-order valence-electron chi connectivity index (χ4n) is 1.81. The molecule has 0 fully saturated rings. The van der Waals surface area contributed by atoms with Crippen LogP contribution in [0.1, 0.15) is 16.1 Å². The molecule has 1 aromatic heterocycles. The molecule has 0 bridgehead atoms. The monoisotopic (exact) mass is 249 g/mol. The SMILES string of the molecule is O=C(c1ccccc1)c1cn(-c2ccccc2)nn1. The highest BCUT2D eigenvalue weighted by Crippen LogP contribution is 2.09. The van der Waals surface area contributed by atoms with Crippen molar-refractivity contribution in [2.45, 2.75) is 0 Å². The van der Waals surface area contributed by atoms with Gasteiger partial charge in [-0.25, -0.2) is 4.68 Å². The fourth-order valence-corrected chi connectivity index (χ4v) is 1.81. The second-order valence-electron chi connectivity index (χ2n) is 4.08. The van der Waals surface area contributed by atoms with Gasteiger partial charge in [-0.1, -0.05) is 53.7 Å². The van der Waals surface area contributed by atoms with Gasteiger partial charge in [0.15, 0.2) is 5.69 Å². The first-order valence-electron chi connectivity index (χ1n) is 5.92. The van der Waals surface area contributed by atoms with Gasteiger partial charge in [0.1, 0.15) is 0 Å². The molecule has 3 rings (SSSR count). The van der Waals surface area contributed by atoms with Gasteiger partial charge < -0.3 is 0 Å². The predicted octanol–water partition coefficient (Wildman–Crippen LogP) is 2.50. The van der Waals surface area contributed by atoms with Crippen molar-refractivity contribution in [1.82, 2.24) is 15.0 Å². The van der Waals surface area contributed by atoms with E-state index in [1.807, 2.05) is 48.5 Å². The van der Waals surface area contributed by atoms with Gasteiger partial charge >= 0.3 is 0 Å². The van der Waals surface area contributed by atoms with Gasteiger partial charge in [-0.3, -0.25) is 4.79 Å². The van der Waals surface area contributed by atoms with E-state index in [4.69, 9.17) is 0 Å². The summed E-state index contributed by atoms with van der Waals surface area (Å²) in [5.41, 5.74) is 1.83. The lowest BCUT2D eigenvalue weighted by molar-refractivity contribution is 0.103. The number of para-hydroxylation sites is 1. The molecule has 0 aliphatic heterocycles. The summed E-state index contributed by atoms with van der Waals surface area (Å²) in [6.45, 7) is 0. The van der Waals surface area contributed by atoms with E-state index in [9.17, 15) is 4.79 Å². The highest BCUT2D eigenvalue weighted by Gasteiger charge is 2.13. The number of hydrogen-bond acceptors (Lipinski definition) is 3. The van der Waals surface area contributed by atoms with Crippen LogP contribution in [0.3, 0.4) is 0 Å². The van der Waals surface area contributed by atoms with Crippen molar-refractivity contribution in [2.24, 2.45) is 0 Å². The Balaban J connectivity index is 1.92. The summed E-state index contributed by atoms with van der Waals surface area (Å²) in [5.74, 6) is -0.122. The standard InChI is InChI=1S/C15H11N3O/c19-15(12-7-3-1-4-8-12)14-11-18(17-16-14)13-9-5-2-6-10-13/h1-11H. The summed E-state index contributed by atoms with van der Waals surface area (Å²) >= 11 is 0. The summed E-state index contributed by atoms with van der Waals surface area (Å²) in [6.07, 6.45) is 1.64. The maximum atomic E-state index is 12.2. The summed E-state index contributed by atoms with van der Waals surface area (Å²) in [6, 6.07) is 18.6. The van der Waals surface area contributed by atoms with Crippen molar-refractivity contribution in [3.05, 3.63) is 78.1 Å². The van der Waals surface area contributed by atoms with Crippen molar-refractivity contribution in [1.29, 1.82) is 0 Å². The average Bonchev–Trinajstić information content (AvgIpc) is 2.98. The number of ketones is 1. The first kappa shape index (κ1) is 11.3. The number of aromatic nitrogens is 3.